The Bertz CT molecular complexity index is 270. The number of hydrogen-bond acceptors (Lipinski definition) is 3. The van der Waals surface area contributed by atoms with Crippen molar-refractivity contribution in [3.8, 4) is 0 Å². The average Bonchev–Trinajstić information content (AvgIpc) is 2.30. The molecule has 0 unspecified atom stereocenters. The molecule has 102 valence electrons. The molecule has 0 saturated heterocycles. The Morgan fingerprint density at radius 1 is 0.706 bits per heavy atom. The second-order valence-electron chi connectivity index (χ2n) is 4.29. The molecule has 0 aliphatic rings. The molecular weight excluding hydrogens is 302 g/mol. The Morgan fingerprint density at radius 2 is 1.12 bits per heavy atom. The SMILES string of the molecule is O=S(=O)=NCCCCCCCCCCCCBr. The van der Waals surface area contributed by atoms with Crippen LogP contribution in [0.2, 0.25) is 0 Å². The van der Waals surface area contributed by atoms with Crippen LogP contribution in [-0.4, -0.2) is 20.3 Å². The quantitative estimate of drug-likeness (QED) is 0.395. The zero-order chi connectivity index (χ0) is 12.8. The Balaban J connectivity index is 3.01. The number of alkyl halides is 1. The van der Waals surface area contributed by atoms with Gasteiger partial charge in [0.15, 0.2) is 0 Å². The summed E-state index contributed by atoms with van der Waals surface area (Å²) < 4.78 is 23.6. The highest BCUT2D eigenvalue weighted by Gasteiger charge is 1.92. The van der Waals surface area contributed by atoms with E-state index in [1.165, 1.54) is 51.4 Å². The Morgan fingerprint density at radius 3 is 1.53 bits per heavy atom. The lowest BCUT2D eigenvalue weighted by Gasteiger charge is -2.01. The third-order valence-corrected chi connectivity index (χ3v) is 3.69. The first-order chi connectivity index (χ1) is 8.27. The van der Waals surface area contributed by atoms with E-state index in [4.69, 9.17) is 0 Å². The molecule has 0 amide bonds. The van der Waals surface area contributed by atoms with E-state index in [-0.39, 0.29) is 0 Å². The maximum absolute atomic E-state index is 10.1. The lowest BCUT2D eigenvalue weighted by atomic mass is 10.1. The zero-order valence-corrected chi connectivity index (χ0v) is 12.9. The fraction of sp³-hybridized carbons (Fsp3) is 1.00. The molecule has 0 aromatic rings. The van der Waals surface area contributed by atoms with E-state index in [0.717, 1.165) is 18.2 Å². The second kappa shape index (κ2) is 14.2. The lowest BCUT2D eigenvalue weighted by molar-refractivity contribution is 0.558. The summed E-state index contributed by atoms with van der Waals surface area (Å²) in [4.78, 5) is 0. The number of nitrogens with zero attached hydrogens (tertiary/aromatic N) is 1. The molecule has 0 spiro atoms. The largest absolute Gasteiger partial charge is 0.311 e. The first-order valence-corrected chi connectivity index (χ1v) is 8.75. The molecule has 0 aromatic heterocycles. The third kappa shape index (κ3) is 16.1. The van der Waals surface area contributed by atoms with Crippen LogP contribution in [0.15, 0.2) is 4.36 Å². The van der Waals surface area contributed by atoms with Crippen molar-refractivity contribution in [2.45, 2.75) is 64.2 Å². The van der Waals surface area contributed by atoms with Gasteiger partial charge >= 0.3 is 10.5 Å². The average molecular weight is 326 g/mol. The zero-order valence-electron chi connectivity index (χ0n) is 10.5. The van der Waals surface area contributed by atoms with Crippen LogP contribution in [0.25, 0.3) is 0 Å². The molecule has 0 N–H and O–H groups in total. The summed E-state index contributed by atoms with van der Waals surface area (Å²) in [5, 5.41) is 1.13. The Hall–Kier alpha value is 0.100. The molecule has 0 aliphatic carbocycles. The van der Waals surface area contributed by atoms with Gasteiger partial charge in [0.1, 0.15) is 0 Å². The normalized spacial score (nSPS) is 10.4. The minimum absolute atomic E-state index is 0.461. The van der Waals surface area contributed by atoms with Gasteiger partial charge in [0.05, 0.1) is 6.54 Å². The fourth-order valence-corrected chi connectivity index (χ4v) is 2.43. The molecule has 0 heterocycles. The van der Waals surface area contributed by atoms with Gasteiger partial charge in [0.2, 0.25) is 0 Å². The molecule has 0 radical (unpaired) electrons. The van der Waals surface area contributed by atoms with Crippen LogP contribution in [0.4, 0.5) is 0 Å². The summed E-state index contributed by atoms with van der Waals surface area (Å²) >= 11 is 3.44. The van der Waals surface area contributed by atoms with Gasteiger partial charge in [-0.15, -0.1) is 0 Å². The molecule has 0 aliphatic heterocycles. The molecular formula is C12H24BrNO2S. The maximum Gasteiger partial charge on any atom is 0.311 e. The molecule has 5 heteroatoms. The van der Waals surface area contributed by atoms with E-state index in [1.807, 2.05) is 0 Å². The van der Waals surface area contributed by atoms with Crippen LogP contribution in [0, 0.1) is 0 Å². The molecule has 0 bridgehead atoms. The molecule has 0 fully saturated rings. The van der Waals surface area contributed by atoms with Crippen molar-refractivity contribution in [3.05, 3.63) is 0 Å². The summed E-state index contributed by atoms with van der Waals surface area (Å²) in [6.07, 6.45) is 12.5. The number of unbranched alkanes of at least 4 members (excludes halogenated alkanes) is 9. The van der Waals surface area contributed by atoms with Crippen molar-refractivity contribution in [1.29, 1.82) is 0 Å². The predicted molar refractivity (Wildman–Crippen MR) is 76.2 cm³/mol. The smallest absolute Gasteiger partial charge is 0.172 e. The van der Waals surface area contributed by atoms with Crippen LogP contribution in [0.5, 0.6) is 0 Å². The standard InChI is InChI=1S/C12H24BrNO2S/c13-11-9-7-5-3-1-2-4-6-8-10-12-14-17(15)16/h1-12H2. The van der Waals surface area contributed by atoms with Crippen molar-refractivity contribution in [2.75, 3.05) is 11.9 Å². The highest BCUT2D eigenvalue weighted by molar-refractivity contribution is 9.09. The number of rotatable bonds is 12. The molecule has 17 heavy (non-hydrogen) atoms. The summed E-state index contributed by atoms with van der Waals surface area (Å²) in [5.41, 5.74) is 0. The van der Waals surface area contributed by atoms with E-state index in [1.54, 1.807) is 0 Å². The van der Waals surface area contributed by atoms with E-state index >= 15 is 0 Å². The highest BCUT2D eigenvalue weighted by atomic mass is 79.9. The van der Waals surface area contributed by atoms with Crippen molar-refractivity contribution < 1.29 is 8.42 Å². The minimum Gasteiger partial charge on any atom is -0.172 e. The maximum atomic E-state index is 10.1. The van der Waals surface area contributed by atoms with Gasteiger partial charge in [-0.05, 0) is 12.8 Å². The van der Waals surface area contributed by atoms with Gasteiger partial charge in [-0.2, -0.15) is 12.8 Å². The Kier molecular flexibility index (Phi) is 14.2. The monoisotopic (exact) mass is 325 g/mol. The first kappa shape index (κ1) is 17.1. The fourth-order valence-electron chi connectivity index (χ4n) is 1.76. The predicted octanol–water partition coefficient (Wildman–Crippen LogP) is 4.35. The summed E-state index contributed by atoms with van der Waals surface area (Å²) in [7, 11) is -2.21. The second-order valence-corrected chi connectivity index (χ2v) is 5.78. The van der Waals surface area contributed by atoms with Crippen molar-refractivity contribution in [3.63, 3.8) is 0 Å². The van der Waals surface area contributed by atoms with Crippen molar-refractivity contribution in [1.82, 2.24) is 0 Å². The van der Waals surface area contributed by atoms with Crippen LogP contribution in [0.3, 0.4) is 0 Å². The highest BCUT2D eigenvalue weighted by Crippen LogP contribution is 2.10. The molecule has 0 rings (SSSR count). The number of halogens is 1. The van der Waals surface area contributed by atoms with E-state index in [0.29, 0.717) is 6.54 Å². The lowest BCUT2D eigenvalue weighted by Crippen LogP contribution is -1.84. The minimum atomic E-state index is -2.21. The van der Waals surface area contributed by atoms with Crippen LogP contribution in [-0.2, 0) is 10.5 Å². The van der Waals surface area contributed by atoms with Crippen LogP contribution in [0.1, 0.15) is 64.2 Å². The van der Waals surface area contributed by atoms with E-state index in [9.17, 15) is 8.42 Å². The third-order valence-electron chi connectivity index (χ3n) is 2.74. The van der Waals surface area contributed by atoms with Crippen molar-refractivity contribution >= 4 is 26.4 Å². The van der Waals surface area contributed by atoms with Gasteiger partial charge in [0, 0.05) is 5.33 Å². The molecule has 0 aromatic carbocycles. The van der Waals surface area contributed by atoms with Gasteiger partial charge in [-0.3, -0.25) is 0 Å². The topological polar surface area (TPSA) is 46.5 Å². The van der Waals surface area contributed by atoms with Gasteiger partial charge in [-0.25, -0.2) is 0 Å². The summed E-state index contributed by atoms with van der Waals surface area (Å²) in [6, 6.07) is 0. The van der Waals surface area contributed by atoms with Crippen LogP contribution >= 0.6 is 15.9 Å². The molecule has 3 nitrogen and oxygen atoms in total. The summed E-state index contributed by atoms with van der Waals surface area (Å²) in [5.74, 6) is 0. The Labute approximate surface area is 115 Å². The van der Waals surface area contributed by atoms with Crippen LogP contribution < -0.4 is 0 Å². The van der Waals surface area contributed by atoms with E-state index in [2.05, 4.69) is 20.3 Å². The number of hydrogen-bond donors (Lipinski definition) is 0. The first-order valence-electron chi connectivity index (χ1n) is 6.60. The summed E-state index contributed by atoms with van der Waals surface area (Å²) in [6.45, 7) is 0.461. The van der Waals surface area contributed by atoms with E-state index < -0.39 is 10.5 Å². The van der Waals surface area contributed by atoms with Gasteiger partial charge in [0.25, 0.3) is 0 Å². The molecule has 0 saturated carbocycles. The van der Waals surface area contributed by atoms with Crippen molar-refractivity contribution in [2.24, 2.45) is 4.36 Å². The van der Waals surface area contributed by atoms with Gasteiger partial charge < -0.3 is 0 Å². The molecule has 0 atom stereocenters. The van der Waals surface area contributed by atoms with Gasteiger partial charge in [-0.1, -0.05) is 67.3 Å².